The fourth-order valence-electron chi connectivity index (χ4n) is 2.45. The molecule has 1 aromatic carbocycles. The molecule has 114 valence electrons. The van der Waals surface area contributed by atoms with Crippen LogP contribution in [0.25, 0.3) is 0 Å². The zero-order chi connectivity index (χ0) is 15.2. The maximum Gasteiger partial charge on any atom is 0.407 e. The van der Waals surface area contributed by atoms with Crippen molar-refractivity contribution >= 4 is 12.2 Å². The molecule has 0 spiro atoms. The van der Waals surface area contributed by atoms with Crippen molar-refractivity contribution < 1.29 is 19.4 Å². The molecule has 0 aromatic heterocycles. The molecule has 0 bridgehead atoms. The predicted molar refractivity (Wildman–Crippen MR) is 76.9 cm³/mol. The van der Waals surface area contributed by atoms with Crippen LogP contribution in [0, 0.1) is 5.92 Å². The van der Waals surface area contributed by atoms with Crippen LogP contribution in [-0.2, 0) is 11.3 Å². The first-order valence-electron chi connectivity index (χ1n) is 7.01. The number of hydrogen-bond acceptors (Lipinski definition) is 3. The van der Waals surface area contributed by atoms with E-state index in [0.29, 0.717) is 19.5 Å². The first-order valence-corrected chi connectivity index (χ1v) is 7.01. The van der Waals surface area contributed by atoms with Gasteiger partial charge < -0.3 is 20.1 Å². The van der Waals surface area contributed by atoms with Crippen LogP contribution in [0.4, 0.5) is 9.59 Å². The van der Waals surface area contributed by atoms with Crippen molar-refractivity contribution in [3.63, 3.8) is 0 Å². The van der Waals surface area contributed by atoms with Gasteiger partial charge in [0.2, 0.25) is 0 Å². The average molecular weight is 292 g/mol. The van der Waals surface area contributed by atoms with E-state index in [-0.39, 0.29) is 18.6 Å². The average Bonchev–Trinajstić information content (AvgIpc) is 2.48. The maximum absolute atomic E-state index is 11.8. The minimum absolute atomic E-state index is 0.0520. The van der Waals surface area contributed by atoms with Gasteiger partial charge in [0.1, 0.15) is 6.61 Å². The van der Waals surface area contributed by atoms with Gasteiger partial charge in [0.15, 0.2) is 0 Å². The molecule has 1 heterocycles. The minimum Gasteiger partial charge on any atom is -0.465 e. The van der Waals surface area contributed by atoms with Crippen molar-refractivity contribution in [2.24, 2.45) is 5.92 Å². The number of nitrogens with one attached hydrogen (secondary N) is 1. The van der Waals surface area contributed by atoms with Gasteiger partial charge in [-0.2, -0.15) is 0 Å². The van der Waals surface area contributed by atoms with Gasteiger partial charge in [-0.05, 0) is 17.9 Å². The molecule has 1 aliphatic rings. The Bertz CT molecular complexity index is 492. The second-order valence-electron chi connectivity index (χ2n) is 5.31. The second kappa shape index (κ2) is 6.97. The third kappa shape index (κ3) is 4.37. The second-order valence-corrected chi connectivity index (χ2v) is 5.31. The van der Waals surface area contributed by atoms with Crippen molar-refractivity contribution in [2.45, 2.75) is 26.0 Å². The highest BCUT2D eigenvalue weighted by atomic mass is 16.5. The summed E-state index contributed by atoms with van der Waals surface area (Å²) in [6, 6.07) is 9.41. The Labute approximate surface area is 123 Å². The third-order valence-electron chi connectivity index (χ3n) is 3.69. The Morgan fingerprint density at radius 2 is 2.10 bits per heavy atom. The van der Waals surface area contributed by atoms with Gasteiger partial charge in [-0.1, -0.05) is 37.3 Å². The Morgan fingerprint density at radius 3 is 2.71 bits per heavy atom. The number of carbonyl (C=O) groups excluding carboxylic acids is 1. The molecule has 6 heteroatoms. The molecule has 2 amide bonds. The SMILES string of the molecule is C[C@@H]1CN(C(=O)O)CC[C@@H]1NC(=O)OCc1ccccc1. The lowest BCUT2D eigenvalue weighted by molar-refractivity contribution is 0.100. The molecule has 0 radical (unpaired) electrons. The molecule has 2 rings (SSSR count). The summed E-state index contributed by atoms with van der Waals surface area (Å²) < 4.78 is 5.17. The number of carboxylic acid groups (broad SMARTS) is 1. The maximum atomic E-state index is 11.8. The van der Waals surface area contributed by atoms with E-state index >= 15 is 0 Å². The highest BCUT2D eigenvalue weighted by molar-refractivity contribution is 5.68. The molecular weight excluding hydrogens is 272 g/mol. The van der Waals surface area contributed by atoms with E-state index in [2.05, 4.69) is 5.32 Å². The van der Waals surface area contributed by atoms with Gasteiger partial charge in [-0.15, -0.1) is 0 Å². The van der Waals surface area contributed by atoms with E-state index in [1.165, 1.54) is 4.90 Å². The van der Waals surface area contributed by atoms with Crippen LogP contribution in [0.1, 0.15) is 18.9 Å². The molecular formula is C15H20N2O4. The summed E-state index contributed by atoms with van der Waals surface area (Å²) in [5, 5.41) is 11.8. The number of ether oxygens (including phenoxy) is 1. The molecule has 1 aliphatic heterocycles. The van der Waals surface area contributed by atoms with Gasteiger partial charge >= 0.3 is 12.2 Å². The van der Waals surface area contributed by atoms with Gasteiger partial charge in [-0.3, -0.25) is 0 Å². The quantitative estimate of drug-likeness (QED) is 0.896. The Kier molecular flexibility index (Phi) is 5.03. The molecule has 1 aromatic rings. The summed E-state index contributed by atoms with van der Waals surface area (Å²) in [5.74, 6) is 0.0686. The summed E-state index contributed by atoms with van der Waals surface area (Å²) in [6.45, 7) is 3.02. The van der Waals surface area contributed by atoms with Crippen LogP contribution in [0.5, 0.6) is 0 Å². The molecule has 6 nitrogen and oxygen atoms in total. The van der Waals surface area contributed by atoms with Gasteiger partial charge in [-0.25, -0.2) is 9.59 Å². The van der Waals surface area contributed by atoms with Crippen molar-refractivity contribution in [1.29, 1.82) is 0 Å². The van der Waals surface area contributed by atoms with Crippen LogP contribution >= 0.6 is 0 Å². The predicted octanol–water partition coefficient (Wildman–Crippen LogP) is 2.30. The fourth-order valence-corrected chi connectivity index (χ4v) is 2.45. The van der Waals surface area contributed by atoms with Crippen molar-refractivity contribution in [2.75, 3.05) is 13.1 Å². The highest BCUT2D eigenvalue weighted by Gasteiger charge is 2.29. The third-order valence-corrected chi connectivity index (χ3v) is 3.69. The Hall–Kier alpha value is -2.24. The van der Waals surface area contributed by atoms with Crippen molar-refractivity contribution in [3.05, 3.63) is 35.9 Å². The smallest absolute Gasteiger partial charge is 0.407 e. The zero-order valence-electron chi connectivity index (χ0n) is 12.0. The first-order chi connectivity index (χ1) is 10.1. The number of carbonyl (C=O) groups is 2. The van der Waals surface area contributed by atoms with E-state index in [1.54, 1.807) is 0 Å². The molecule has 0 unspecified atom stereocenters. The zero-order valence-corrected chi connectivity index (χ0v) is 12.0. The van der Waals surface area contributed by atoms with Crippen LogP contribution in [-0.4, -0.2) is 41.3 Å². The summed E-state index contributed by atoms with van der Waals surface area (Å²) in [7, 11) is 0. The van der Waals surface area contributed by atoms with E-state index in [1.807, 2.05) is 37.3 Å². The lowest BCUT2D eigenvalue weighted by Crippen LogP contribution is -2.51. The minimum atomic E-state index is -0.910. The van der Waals surface area contributed by atoms with Crippen LogP contribution in [0.3, 0.4) is 0 Å². The van der Waals surface area contributed by atoms with E-state index in [4.69, 9.17) is 9.84 Å². The number of benzene rings is 1. The number of hydrogen-bond donors (Lipinski definition) is 2. The monoisotopic (exact) mass is 292 g/mol. The molecule has 2 atom stereocenters. The number of amides is 2. The summed E-state index contributed by atoms with van der Waals surface area (Å²) in [6.07, 6.45) is -0.764. The van der Waals surface area contributed by atoms with E-state index in [9.17, 15) is 9.59 Å². The first kappa shape index (κ1) is 15.2. The number of likely N-dealkylation sites (tertiary alicyclic amines) is 1. The summed E-state index contributed by atoms with van der Waals surface area (Å²) >= 11 is 0. The van der Waals surface area contributed by atoms with Gasteiger partial charge in [0.25, 0.3) is 0 Å². The number of nitrogens with zero attached hydrogens (tertiary/aromatic N) is 1. The largest absolute Gasteiger partial charge is 0.465 e. The summed E-state index contributed by atoms with van der Waals surface area (Å²) in [4.78, 5) is 24.1. The van der Waals surface area contributed by atoms with Gasteiger partial charge in [0.05, 0.1) is 0 Å². The molecule has 1 saturated heterocycles. The van der Waals surface area contributed by atoms with E-state index in [0.717, 1.165) is 5.56 Å². The Morgan fingerprint density at radius 1 is 1.38 bits per heavy atom. The van der Waals surface area contributed by atoms with Crippen molar-refractivity contribution in [3.8, 4) is 0 Å². The van der Waals surface area contributed by atoms with Crippen LogP contribution in [0.15, 0.2) is 30.3 Å². The van der Waals surface area contributed by atoms with E-state index < -0.39 is 12.2 Å². The van der Waals surface area contributed by atoms with Crippen molar-refractivity contribution in [1.82, 2.24) is 10.2 Å². The number of alkyl carbamates (subject to hydrolysis) is 1. The standard InChI is InChI=1S/C15H20N2O4/c1-11-9-17(15(19)20)8-7-13(11)16-14(18)21-10-12-5-3-2-4-6-12/h2-6,11,13H,7-10H2,1H3,(H,16,18)(H,19,20)/t11-,13+/m1/s1. The molecule has 2 N–H and O–H groups in total. The fraction of sp³-hybridized carbons (Fsp3) is 0.467. The molecule has 21 heavy (non-hydrogen) atoms. The lowest BCUT2D eigenvalue weighted by atomic mass is 9.94. The molecule has 1 fully saturated rings. The normalized spacial score (nSPS) is 21.7. The lowest BCUT2D eigenvalue weighted by Gasteiger charge is -2.35. The van der Waals surface area contributed by atoms with Gasteiger partial charge in [0, 0.05) is 19.1 Å². The summed E-state index contributed by atoms with van der Waals surface area (Å²) in [5.41, 5.74) is 0.932. The molecule has 0 aliphatic carbocycles. The van der Waals surface area contributed by atoms with Crippen LogP contribution < -0.4 is 5.32 Å². The Balaban J connectivity index is 1.77. The molecule has 0 saturated carbocycles. The number of piperidine rings is 1. The number of rotatable bonds is 3. The highest BCUT2D eigenvalue weighted by Crippen LogP contribution is 2.17. The topological polar surface area (TPSA) is 78.9 Å². The van der Waals surface area contributed by atoms with Crippen LogP contribution in [0.2, 0.25) is 0 Å².